The highest BCUT2D eigenvalue weighted by Crippen LogP contribution is 2.25. The van der Waals surface area contributed by atoms with Gasteiger partial charge in [-0.25, -0.2) is 0 Å². The van der Waals surface area contributed by atoms with E-state index in [0.29, 0.717) is 45.6 Å². The van der Waals surface area contributed by atoms with Gasteiger partial charge in [0.1, 0.15) is 5.60 Å². The van der Waals surface area contributed by atoms with Gasteiger partial charge in [0.25, 0.3) is 5.91 Å². The molecule has 2 N–H and O–H groups in total. The molecule has 2 saturated heterocycles. The second-order valence-corrected chi connectivity index (χ2v) is 7.58. The van der Waals surface area contributed by atoms with E-state index in [-0.39, 0.29) is 36.6 Å². The summed E-state index contributed by atoms with van der Waals surface area (Å²) in [6.07, 6.45) is 2.30. The number of carbonyl (C=O) groups excluding carboxylic acids is 2. The number of hydrogen-bond donors (Lipinski definition) is 2. The van der Waals surface area contributed by atoms with Crippen LogP contribution in [0.25, 0.3) is 0 Å². The average Bonchev–Trinajstić information content (AvgIpc) is 2.74. The van der Waals surface area contributed by atoms with Crippen molar-refractivity contribution in [3.05, 3.63) is 29.8 Å². The van der Waals surface area contributed by atoms with Crippen LogP contribution in [0.15, 0.2) is 24.3 Å². The summed E-state index contributed by atoms with van der Waals surface area (Å²) in [7, 11) is 1.64. The number of amides is 2. The van der Waals surface area contributed by atoms with Gasteiger partial charge < -0.3 is 20.3 Å². The zero-order valence-electron chi connectivity index (χ0n) is 17.8. The van der Waals surface area contributed by atoms with Gasteiger partial charge in [0.15, 0.2) is 0 Å². The van der Waals surface area contributed by atoms with Crippen LogP contribution in [0.1, 0.15) is 25.3 Å². The zero-order valence-corrected chi connectivity index (χ0v) is 19.4. The summed E-state index contributed by atoms with van der Waals surface area (Å²) in [6, 6.07) is 7.90. The van der Waals surface area contributed by atoms with E-state index in [0.717, 1.165) is 30.8 Å². The van der Waals surface area contributed by atoms with E-state index in [1.807, 2.05) is 29.2 Å². The summed E-state index contributed by atoms with van der Waals surface area (Å²) in [6.45, 7) is 6.71. The highest BCUT2D eigenvalue weighted by molar-refractivity contribution is 5.93. The normalized spacial score (nSPS) is 18.7. The summed E-state index contributed by atoms with van der Waals surface area (Å²) >= 11 is 0. The molecule has 0 unspecified atom stereocenters. The Hall–Kier alpha value is -1.38. The third kappa shape index (κ3) is 6.31. The molecule has 1 aromatic carbocycles. The number of aryl methyl sites for hydroxylation is 1. The molecule has 0 atom stereocenters. The Morgan fingerprint density at radius 3 is 2.33 bits per heavy atom. The summed E-state index contributed by atoms with van der Waals surface area (Å²) in [5.41, 5.74) is 1.34. The van der Waals surface area contributed by atoms with E-state index in [4.69, 9.17) is 4.74 Å². The number of halogens is 2. The van der Waals surface area contributed by atoms with Crippen molar-refractivity contribution in [2.75, 3.05) is 58.2 Å². The number of piperidine rings is 1. The SMILES string of the molecule is CCc1ccccc1NC(=O)CN1CCN(C(=O)C2(OC)CCNCC2)CC1.Cl.Cl. The summed E-state index contributed by atoms with van der Waals surface area (Å²) in [5.74, 6) is 0.0878. The largest absolute Gasteiger partial charge is 0.368 e. The molecule has 0 radical (unpaired) electrons. The molecule has 0 bridgehead atoms. The van der Waals surface area contributed by atoms with Gasteiger partial charge in [0, 0.05) is 39.0 Å². The van der Waals surface area contributed by atoms with Crippen LogP contribution in [-0.4, -0.2) is 80.1 Å². The maximum Gasteiger partial charge on any atom is 0.254 e. The van der Waals surface area contributed by atoms with E-state index < -0.39 is 5.60 Å². The molecule has 30 heavy (non-hydrogen) atoms. The van der Waals surface area contributed by atoms with E-state index in [2.05, 4.69) is 22.5 Å². The van der Waals surface area contributed by atoms with E-state index >= 15 is 0 Å². The number of ether oxygens (including phenoxy) is 1. The first kappa shape index (κ1) is 26.7. The summed E-state index contributed by atoms with van der Waals surface area (Å²) in [4.78, 5) is 29.5. The molecule has 0 saturated carbocycles. The Kier molecular flexibility index (Phi) is 11.1. The number of para-hydroxylation sites is 1. The van der Waals surface area contributed by atoms with Crippen molar-refractivity contribution < 1.29 is 14.3 Å². The molecular formula is C21H34Cl2N4O3. The molecule has 0 aliphatic carbocycles. The van der Waals surface area contributed by atoms with E-state index in [1.165, 1.54) is 0 Å². The van der Waals surface area contributed by atoms with E-state index in [9.17, 15) is 9.59 Å². The van der Waals surface area contributed by atoms with Gasteiger partial charge in [-0.2, -0.15) is 0 Å². The van der Waals surface area contributed by atoms with Crippen molar-refractivity contribution in [2.45, 2.75) is 31.8 Å². The second kappa shape index (κ2) is 12.5. The molecule has 0 aromatic heterocycles. The lowest BCUT2D eigenvalue weighted by Crippen LogP contribution is -2.59. The maximum absolute atomic E-state index is 13.0. The monoisotopic (exact) mass is 460 g/mol. The molecule has 170 valence electrons. The number of nitrogens with one attached hydrogen (secondary N) is 2. The van der Waals surface area contributed by atoms with Crippen LogP contribution in [0, 0.1) is 0 Å². The fraction of sp³-hybridized carbons (Fsp3) is 0.619. The fourth-order valence-corrected chi connectivity index (χ4v) is 4.08. The number of carbonyl (C=O) groups is 2. The molecule has 2 amide bonds. The maximum atomic E-state index is 13.0. The number of anilines is 1. The highest BCUT2D eigenvalue weighted by atomic mass is 35.5. The number of piperazine rings is 1. The predicted molar refractivity (Wildman–Crippen MR) is 124 cm³/mol. The van der Waals surface area contributed by atoms with Crippen molar-refractivity contribution in [1.29, 1.82) is 0 Å². The number of nitrogens with zero attached hydrogens (tertiary/aromatic N) is 2. The van der Waals surface area contributed by atoms with Crippen molar-refractivity contribution in [1.82, 2.24) is 15.1 Å². The van der Waals surface area contributed by atoms with Crippen LogP contribution in [0.5, 0.6) is 0 Å². The van der Waals surface area contributed by atoms with Gasteiger partial charge in [0.2, 0.25) is 5.91 Å². The molecule has 2 aliphatic rings. The zero-order chi connectivity index (χ0) is 20.0. The lowest BCUT2D eigenvalue weighted by atomic mass is 9.90. The first-order valence-corrected chi connectivity index (χ1v) is 10.2. The molecule has 0 spiro atoms. The highest BCUT2D eigenvalue weighted by Gasteiger charge is 2.43. The molecule has 9 heteroatoms. The number of methoxy groups -OCH3 is 1. The Bertz CT molecular complexity index is 691. The summed E-state index contributed by atoms with van der Waals surface area (Å²) < 4.78 is 5.66. The lowest BCUT2D eigenvalue weighted by Gasteiger charge is -2.42. The fourth-order valence-electron chi connectivity index (χ4n) is 4.08. The molecule has 2 heterocycles. The second-order valence-electron chi connectivity index (χ2n) is 7.58. The van der Waals surface area contributed by atoms with Crippen LogP contribution >= 0.6 is 24.8 Å². The van der Waals surface area contributed by atoms with Crippen LogP contribution in [0.2, 0.25) is 0 Å². The molecule has 3 rings (SSSR count). The van der Waals surface area contributed by atoms with Crippen molar-refractivity contribution >= 4 is 42.3 Å². The minimum atomic E-state index is -0.686. The van der Waals surface area contributed by atoms with Gasteiger partial charge in [-0.15, -0.1) is 24.8 Å². The Balaban J connectivity index is 0.00000225. The van der Waals surface area contributed by atoms with Crippen LogP contribution in [-0.2, 0) is 20.7 Å². The van der Waals surface area contributed by atoms with Gasteiger partial charge in [-0.1, -0.05) is 25.1 Å². The van der Waals surface area contributed by atoms with Gasteiger partial charge in [-0.3, -0.25) is 14.5 Å². The predicted octanol–water partition coefficient (Wildman–Crippen LogP) is 1.94. The van der Waals surface area contributed by atoms with Gasteiger partial charge >= 0.3 is 0 Å². The Labute approximate surface area is 191 Å². The minimum Gasteiger partial charge on any atom is -0.368 e. The Morgan fingerprint density at radius 1 is 1.10 bits per heavy atom. The molecule has 1 aromatic rings. The first-order chi connectivity index (χ1) is 13.6. The standard InChI is InChI=1S/C21H32N4O3.2ClH/c1-3-17-6-4-5-7-18(17)23-19(26)16-24-12-14-25(15-13-24)20(27)21(28-2)8-10-22-11-9-21;;/h4-7,22H,3,8-16H2,1-2H3,(H,23,26);2*1H. The first-order valence-electron chi connectivity index (χ1n) is 10.2. The number of hydrogen-bond acceptors (Lipinski definition) is 5. The van der Waals surface area contributed by atoms with Gasteiger partial charge in [-0.05, 0) is 44.0 Å². The van der Waals surface area contributed by atoms with E-state index in [1.54, 1.807) is 7.11 Å². The van der Waals surface area contributed by atoms with Crippen molar-refractivity contribution in [3.63, 3.8) is 0 Å². The van der Waals surface area contributed by atoms with Crippen molar-refractivity contribution in [3.8, 4) is 0 Å². The molecule has 2 fully saturated rings. The van der Waals surface area contributed by atoms with Crippen LogP contribution in [0.4, 0.5) is 5.69 Å². The Morgan fingerprint density at radius 2 is 1.73 bits per heavy atom. The molecule has 2 aliphatic heterocycles. The minimum absolute atomic E-state index is 0. The van der Waals surface area contributed by atoms with Gasteiger partial charge in [0.05, 0.1) is 6.54 Å². The quantitative estimate of drug-likeness (QED) is 0.678. The van der Waals surface area contributed by atoms with Crippen LogP contribution in [0.3, 0.4) is 0 Å². The lowest BCUT2D eigenvalue weighted by molar-refractivity contribution is -0.160. The third-order valence-electron chi connectivity index (χ3n) is 5.89. The van der Waals surface area contributed by atoms with Crippen LogP contribution < -0.4 is 10.6 Å². The average molecular weight is 461 g/mol. The number of rotatable bonds is 6. The summed E-state index contributed by atoms with van der Waals surface area (Å²) in [5, 5.41) is 6.31. The third-order valence-corrected chi connectivity index (χ3v) is 5.89. The van der Waals surface area contributed by atoms with Crippen molar-refractivity contribution in [2.24, 2.45) is 0 Å². The molecule has 7 nitrogen and oxygen atoms in total. The number of benzene rings is 1. The molecular weight excluding hydrogens is 427 g/mol. The smallest absolute Gasteiger partial charge is 0.254 e. The topological polar surface area (TPSA) is 73.9 Å².